The molecular formula is C21H26FN3O. The highest BCUT2D eigenvalue weighted by atomic mass is 19.1. The van der Waals surface area contributed by atoms with Gasteiger partial charge in [-0.1, -0.05) is 30.3 Å². The Labute approximate surface area is 154 Å². The molecular weight excluding hydrogens is 329 g/mol. The van der Waals surface area contributed by atoms with Crippen LogP contribution in [0.3, 0.4) is 0 Å². The summed E-state index contributed by atoms with van der Waals surface area (Å²) in [5, 5.41) is 3.05. The molecule has 0 saturated carbocycles. The molecule has 1 fully saturated rings. The monoisotopic (exact) mass is 355 g/mol. The Hall–Kier alpha value is -2.40. The molecule has 0 atom stereocenters. The van der Waals surface area contributed by atoms with E-state index >= 15 is 0 Å². The first-order valence-corrected chi connectivity index (χ1v) is 9.09. The lowest BCUT2D eigenvalue weighted by molar-refractivity contribution is -0.130. The first-order chi connectivity index (χ1) is 12.6. The lowest BCUT2D eigenvalue weighted by Crippen LogP contribution is -2.51. The molecule has 0 aliphatic carbocycles. The van der Waals surface area contributed by atoms with Crippen molar-refractivity contribution in [2.45, 2.75) is 20.4 Å². The molecule has 26 heavy (non-hydrogen) atoms. The number of carbonyl (C=O) groups is 1. The summed E-state index contributed by atoms with van der Waals surface area (Å²) in [6, 6.07) is 13.0. The van der Waals surface area contributed by atoms with Crippen LogP contribution >= 0.6 is 0 Å². The van der Waals surface area contributed by atoms with Crippen LogP contribution in [0.4, 0.5) is 10.1 Å². The van der Waals surface area contributed by atoms with Crippen LogP contribution in [0, 0.1) is 19.7 Å². The summed E-state index contributed by atoms with van der Waals surface area (Å²) < 4.78 is 13.6. The van der Waals surface area contributed by atoms with Crippen LogP contribution in [-0.4, -0.2) is 43.5 Å². The van der Waals surface area contributed by atoms with E-state index in [-0.39, 0.29) is 18.3 Å². The number of halogens is 1. The smallest absolute Gasteiger partial charge is 0.236 e. The molecule has 0 radical (unpaired) electrons. The predicted molar refractivity (Wildman–Crippen MR) is 103 cm³/mol. The normalized spacial score (nSPS) is 14.6. The minimum atomic E-state index is -0.241. The molecule has 5 heteroatoms. The second-order valence-corrected chi connectivity index (χ2v) is 6.78. The molecule has 138 valence electrons. The van der Waals surface area contributed by atoms with Crippen LogP contribution < -0.4 is 10.2 Å². The zero-order chi connectivity index (χ0) is 18.5. The van der Waals surface area contributed by atoms with Crippen molar-refractivity contribution >= 4 is 11.6 Å². The van der Waals surface area contributed by atoms with Gasteiger partial charge in [0.15, 0.2) is 0 Å². The molecule has 3 rings (SSSR count). The SMILES string of the molecule is Cc1cccc(N2CCN(C(=O)CNCc3ccccc3F)CC2)c1C. The minimum absolute atomic E-state index is 0.0713. The van der Waals surface area contributed by atoms with Crippen molar-refractivity contribution < 1.29 is 9.18 Å². The summed E-state index contributed by atoms with van der Waals surface area (Å²) >= 11 is 0. The van der Waals surface area contributed by atoms with Gasteiger partial charge < -0.3 is 15.1 Å². The number of piperazine rings is 1. The van der Waals surface area contributed by atoms with Crippen molar-refractivity contribution in [2.24, 2.45) is 0 Å². The maximum atomic E-state index is 13.6. The molecule has 0 bridgehead atoms. The van der Waals surface area contributed by atoms with Crippen molar-refractivity contribution in [3.8, 4) is 0 Å². The van der Waals surface area contributed by atoms with E-state index in [1.54, 1.807) is 18.2 Å². The number of anilines is 1. The number of nitrogens with one attached hydrogen (secondary N) is 1. The van der Waals surface area contributed by atoms with Gasteiger partial charge in [-0.05, 0) is 37.1 Å². The fraction of sp³-hybridized carbons (Fsp3) is 0.381. The number of hydrogen-bond donors (Lipinski definition) is 1. The number of rotatable bonds is 5. The first kappa shape index (κ1) is 18.4. The van der Waals surface area contributed by atoms with Crippen molar-refractivity contribution in [1.82, 2.24) is 10.2 Å². The summed E-state index contributed by atoms with van der Waals surface area (Å²) in [7, 11) is 0. The van der Waals surface area contributed by atoms with Gasteiger partial charge >= 0.3 is 0 Å². The number of hydrogen-bond acceptors (Lipinski definition) is 3. The molecule has 1 aliphatic heterocycles. The van der Waals surface area contributed by atoms with Gasteiger partial charge in [0.1, 0.15) is 5.82 Å². The third-order valence-corrected chi connectivity index (χ3v) is 5.10. The van der Waals surface area contributed by atoms with E-state index in [4.69, 9.17) is 0 Å². The average molecular weight is 355 g/mol. The summed E-state index contributed by atoms with van der Waals surface area (Å²) in [5.41, 5.74) is 4.44. The second kappa shape index (κ2) is 8.32. The first-order valence-electron chi connectivity index (χ1n) is 9.09. The van der Waals surface area contributed by atoms with Crippen molar-refractivity contribution in [3.05, 3.63) is 65.0 Å². The summed E-state index contributed by atoms with van der Waals surface area (Å²) in [4.78, 5) is 16.6. The average Bonchev–Trinajstić information content (AvgIpc) is 2.65. The van der Waals surface area contributed by atoms with E-state index < -0.39 is 0 Å². The Morgan fingerprint density at radius 1 is 1.04 bits per heavy atom. The van der Waals surface area contributed by atoms with Crippen molar-refractivity contribution in [2.75, 3.05) is 37.6 Å². The van der Waals surface area contributed by atoms with Gasteiger partial charge in [-0.2, -0.15) is 0 Å². The minimum Gasteiger partial charge on any atom is -0.368 e. The van der Waals surface area contributed by atoms with E-state index in [0.717, 1.165) is 13.1 Å². The molecule has 1 N–H and O–H groups in total. The molecule has 2 aromatic carbocycles. The summed E-state index contributed by atoms with van der Waals surface area (Å²) in [6.07, 6.45) is 0. The molecule has 0 aromatic heterocycles. The quantitative estimate of drug-likeness (QED) is 0.896. The topological polar surface area (TPSA) is 35.6 Å². The third-order valence-electron chi connectivity index (χ3n) is 5.10. The van der Waals surface area contributed by atoms with Gasteiger partial charge in [0.2, 0.25) is 5.91 Å². The molecule has 0 spiro atoms. The predicted octanol–water partition coefficient (Wildman–Crippen LogP) is 2.88. The molecule has 1 amide bonds. The summed E-state index contributed by atoms with van der Waals surface area (Å²) in [5.74, 6) is -0.170. The number of aryl methyl sites for hydroxylation is 1. The van der Waals surface area contributed by atoms with E-state index in [2.05, 4.69) is 42.3 Å². The van der Waals surface area contributed by atoms with Crippen LogP contribution in [0.25, 0.3) is 0 Å². The molecule has 4 nitrogen and oxygen atoms in total. The fourth-order valence-corrected chi connectivity index (χ4v) is 3.33. The molecule has 0 unspecified atom stereocenters. The standard InChI is InChI=1S/C21H26FN3O/c1-16-6-5-9-20(17(16)2)24-10-12-25(13-11-24)21(26)15-23-14-18-7-3-4-8-19(18)22/h3-9,23H,10-15H2,1-2H3. The Morgan fingerprint density at radius 3 is 2.50 bits per heavy atom. The van der Waals surface area contributed by atoms with E-state index in [1.807, 2.05) is 4.90 Å². The van der Waals surface area contributed by atoms with Gasteiger partial charge in [0, 0.05) is 44.0 Å². The highest BCUT2D eigenvalue weighted by Gasteiger charge is 2.22. The Kier molecular flexibility index (Phi) is 5.89. The maximum Gasteiger partial charge on any atom is 0.236 e. The lowest BCUT2D eigenvalue weighted by Gasteiger charge is -2.37. The molecule has 1 heterocycles. The molecule has 2 aromatic rings. The Morgan fingerprint density at radius 2 is 1.77 bits per heavy atom. The summed E-state index contributed by atoms with van der Waals surface area (Å²) in [6.45, 7) is 7.97. The van der Waals surface area contributed by atoms with Gasteiger partial charge in [-0.25, -0.2) is 4.39 Å². The van der Waals surface area contributed by atoms with Crippen molar-refractivity contribution in [1.29, 1.82) is 0 Å². The highest BCUT2D eigenvalue weighted by Crippen LogP contribution is 2.23. The van der Waals surface area contributed by atoms with Crippen molar-refractivity contribution in [3.63, 3.8) is 0 Å². The zero-order valence-corrected chi connectivity index (χ0v) is 15.5. The zero-order valence-electron chi connectivity index (χ0n) is 15.5. The van der Waals surface area contributed by atoms with Crippen LogP contribution in [0.2, 0.25) is 0 Å². The van der Waals surface area contributed by atoms with Gasteiger partial charge in [-0.15, -0.1) is 0 Å². The largest absolute Gasteiger partial charge is 0.368 e. The number of nitrogens with zero attached hydrogens (tertiary/aromatic N) is 2. The lowest BCUT2D eigenvalue weighted by atomic mass is 10.1. The maximum absolute atomic E-state index is 13.6. The Bertz CT molecular complexity index is 770. The second-order valence-electron chi connectivity index (χ2n) is 6.78. The highest BCUT2D eigenvalue weighted by molar-refractivity contribution is 5.78. The molecule has 1 aliphatic rings. The third kappa shape index (κ3) is 4.22. The molecule has 1 saturated heterocycles. The van der Waals surface area contributed by atoms with E-state index in [0.29, 0.717) is 25.2 Å². The van der Waals surface area contributed by atoms with Gasteiger partial charge in [0.05, 0.1) is 6.54 Å². The Balaban J connectivity index is 1.48. The fourth-order valence-electron chi connectivity index (χ4n) is 3.33. The van der Waals surface area contributed by atoms with Gasteiger partial charge in [-0.3, -0.25) is 4.79 Å². The number of carbonyl (C=O) groups excluding carboxylic acids is 1. The van der Waals surface area contributed by atoms with Gasteiger partial charge in [0.25, 0.3) is 0 Å². The van der Waals surface area contributed by atoms with Crippen LogP contribution in [0.5, 0.6) is 0 Å². The van der Waals surface area contributed by atoms with Crippen LogP contribution in [0.1, 0.15) is 16.7 Å². The number of amides is 1. The van der Waals surface area contributed by atoms with E-state index in [1.165, 1.54) is 22.9 Å². The van der Waals surface area contributed by atoms with Crippen LogP contribution in [-0.2, 0) is 11.3 Å². The van der Waals surface area contributed by atoms with E-state index in [9.17, 15) is 9.18 Å². The number of benzene rings is 2. The van der Waals surface area contributed by atoms with Crippen LogP contribution in [0.15, 0.2) is 42.5 Å².